The van der Waals surface area contributed by atoms with E-state index < -0.39 is 17.6 Å². The smallest absolute Gasteiger partial charge is 0.272 e. The molecule has 0 fully saturated rings. The van der Waals surface area contributed by atoms with E-state index in [1.54, 1.807) is 42.5 Å². The zero-order chi connectivity index (χ0) is 19.2. The van der Waals surface area contributed by atoms with Crippen molar-refractivity contribution in [3.8, 4) is 0 Å². The van der Waals surface area contributed by atoms with Crippen LogP contribution in [0, 0.1) is 5.82 Å². The van der Waals surface area contributed by atoms with Gasteiger partial charge in [-0.05, 0) is 18.2 Å². The van der Waals surface area contributed by atoms with E-state index in [1.165, 1.54) is 30.3 Å². The number of nitrogens with one attached hydrogen (secondary N) is 2. The molecule has 0 saturated carbocycles. The van der Waals surface area contributed by atoms with Crippen LogP contribution < -0.4 is 10.9 Å². The molecule has 0 radical (unpaired) electrons. The standard InChI is InChI=1S/C21H15FN2O3/c22-18-13-7-6-12-17(18)21(27)24-23-20(26)16-11-5-4-10-15(16)19(25)14-8-2-1-3-9-14/h1-13H,(H,23,26)(H,24,27). The highest BCUT2D eigenvalue weighted by Gasteiger charge is 2.19. The predicted octanol–water partition coefficient (Wildman–Crippen LogP) is 3.13. The summed E-state index contributed by atoms with van der Waals surface area (Å²) in [5, 5.41) is 0. The molecule has 134 valence electrons. The van der Waals surface area contributed by atoms with Crippen molar-refractivity contribution in [3.05, 3.63) is 107 Å². The number of carbonyl (C=O) groups excluding carboxylic acids is 3. The van der Waals surface area contributed by atoms with E-state index in [9.17, 15) is 18.8 Å². The van der Waals surface area contributed by atoms with Gasteiger partial charge in [0.2, 0.25) is 0 Å². The second-order valence-corrected chi connectivity index (χ2v) is 5.63. The lowest BCUT2D eigenvalue weighted by atomic mass is 9.98. The van der Waals surface area contributed by atoms with Gasteiger partial charge in [0.1, 0.15) is 5.82 Å². The first-order valence-corrected chi connectivity index (χ1v) is 8.12. The minimum absolute atomic E-state index is 0.0974. The van der Waals surface area contributed by atoms with Crippen molar-refractivity contribution < 1.29 is 18.8 Å². The summed E-state index contributed by atoms with van der Waals surface area (Å²) in [5.74, 6) is -2.50. The first-order valence-electron chi connectivity index (χ1n) is 8.12. The fourth-order valence-electron chi connectivity index (χ4n) is 2.52. The molecular weight excluding hydrogens is 347 g/mol. The quantitative estimate of drug-likeness (QED) is 0.553. The molecule has 0 unspecified atom stereocenters. The topological polar surface area (TPSA) is 75.3 Å². The van der Waals surface area contributed by atoms with Gasteiger partial charge in [-0.15, -0.1) is 0 Å². The Morgan fingerprint density at radius 1 is 0.593 bits per heavy atom. The average Bonchev–Trinajstić information content (AvgIpc) is 2.72. The maximum Gasteiger partial charge on any atom is 0.272 e. The summed E-state index contributed by atoms with van der Waals surface area (Å²) in [6, 6.07) is 20.2. The molecule has 5 nitrogen and oxygen atoms in total. The van der Waals surface area contributed by atoms with Crippen LogP contribution in [0.5, 0.6) is 0 Å². The molecule has 0 bridgehead atoms. The number of amides is 2. The van der Waals surface area contributed by atoms with Crippen LogP contribution >= 0.6 is 0 Å². The molecule has 0 spiro atoms. The van der Waals surface area contributed by atoms with Crippen LogP contribution in [-0.2, 0) is 0 Å². The summed E-state index contributed by atoms with van der Waals surface area (Å²) < 4.78 is 13.6. The van der Waals surface area contributed by atoms with Crippen molar-refractivity contribution >= 4 is 17.6 Å². The van der Waals surface area contributed by atoms with E-state index in [2.05, 4.69) is 10.9 Å². The molecule has 27 heavy (non-hydrogen) atoms. The monoisotopic (exact) mass is 362 g/mol. The SMILES string of the molecule is O=C(NNC(=O)c1ccccc1C(=O)c1ccccc1)c1ccccc1F. The summed E-state index contributed by atoms with van der Waals surface area (Å²) >= 11 is 0. The van der Waals surface area contributed by atoms with Crippen LogP contribution in [0.2, 0.25) is 0 Å². The van der Waals surface area contributed by atoms with Crippen LogP contribution in [0.3, 0.4) is 0 Å². The Labute approximate surface area is 154 Å². The van der Waals surface area contributed by atoms with Gasteiger partial charge in [-0.1, -0.05) is 60.7 Å². The van der Waals surface area contributed by atoms with Crippen LogP contribution in [0.15, 0.2) is 78.9 Å². The van der Waals surface area contributed by atoms with Crippen LogP contribution in [0.4, 0.5) is 4.39 Å². The molecule has 0 aliphatic carbocycles. The first-order chi connectivity index (χ1) is 13.1. The van der Waals surface area contributed by atoms with Crippen molar-refractivity contribution in [2.45, 2.75) is 0 Å². The van der Waals surface area contributed by atoms with Gasteiger partial charge >= 0.3 is 0 Å². The Bertz CT molecular complexity index is 1000. The Morgan fingerprint density at radius 3 is 1.70 bits per heavy atom. The largest absolute Gasteiger partial charge is 0.289 e. The number of hydrazine groups is 1. The molecule has 6 heteroatoms. The average molecular weight is 362 g/mol. The van der Waals surface area contributed by atoms with Gasteiger partial charge in [0, 0.05) is 11.1 Å². The van der Waals surface area contributed by atoms with Crippen molar-refractivity contribution in [3.63, 3.8) is 0 Å². The third kappa shape index (κ3) is 4.07. The maximum absolute atomic E-state index is 13.6. The Morgan fingerprint density at radius 2 is 1.07 bits per heavy atom. The summed E-state index contributed by atoms with van der Waals surface area (Å²) in [5.41, 5.74) is 4.90. The lowest BCUT2D eigenvalue weighted by Gasteiger charge is -2.11. The number of halogens is 1. The number of rotatable bonds is 4. The van der Waals surface area contributed by atoms with Crippen LogP contribution in [0.1, 0.15) is 36.6 Å². The maximum atomic E-state index is 13.6. The van der Waals surface area contributed by atoms with Gasteiger partial charge in [-0.25, -0.2) is 4.39 Å². The van der Waals surface area contributed by atoms with Gasteiger partial charge in [0.15, 0.2) is 5.78 Å². The number of hydrogen-bond donors (Lipinski definition) is 2. The molecule has 3 aromatic carbocycles. The highest BCUT2D eigenvalue weighted by molar-refractivity contribution is 6.15. The van der Waals surface area contributed by atoms with Gasteiger partial charge in [0.05, 0.1) is 11.1 Å². The zero-order valence-electron chi connectivity index (χ0n) is 14.1. The highest BCUT2D eigenvalue weighted by Crippen LogP contribution is 2.14. The first kappa shape index (κ1) is 18.0. The Kier molecular flexibility index (Phi) is 5.37. The normalized spacial score (nSPS) is 10.1. The zero-order valence-corrected chi connectivity index (χ0v) is 14.1. The molecule has 0 atom stereocenters. The number of hydrogen-bond acceptors (Lipinski definition) is 3. The highest BCUT2D eigenvalue weighted by atomic mass is 19.1. The van der Waals surface area contributed by atoms with Crippen molar-refractivity contribution in [1.82, 2.24) is 10.9 Å². The van der Waals surface area contributed by atoms with E-state index in [-0.39, 0.29) is 22.5 Å². The van der Waals surface area contributed by atoms with E-state index in [0.717, 1.165) is 6.07 Å². The molecule has 0 heterocycles. The Balaban J connectivity index is 1.77. The lowest BCUT2D eigenvalue weighted by molar-refractivity contribution is 0.0842. The summed E-state index contributed by atoms with van der Waals surface area (Å²) in [7, 11) is 0. The van der Waals surface area contributed by atoms with Gasteiger partial charge in [-0.2, -0.15) is 0 Å². The summed E-state index contributed by atoms with van der Waals surface area (Å²) in [4.78, 5) is 37.1. The van der Waals surface area contributed by atoms with Crippen LogP contribution in [0.25, 0.3) is 0 Å². The Hall–Kier alpha value is -3.80. The minimum atomic E-state index is -0.798. The van der Waals surface area contributed by atoms with E-state index >= 15 is 0 Å². The van der Waals surface area contributed by atoms with Gasteiger partial charge < -0.3 is 0 Å². The van der Waals surface area contributed by atoms with Gasteiger partial charge in [-0.3, -0.25) is 25.2 Å². The number of benzene rings is 3. The molecule has 0 aromatic heterocycles. The van der Waals surface area contributed by atoms with E-state index in [0.29, 0.717) is 5.56 Å². The minimum Gasteiger partial charge on any atom is -0.289 e. The molecule has 3 rings (SSSR count). The lowest BCUT2D eigenvalue weighted by Crippen LogP contribution is -2.42. The fraction of sp³-hybridized carbons (Fsp3) is 0. The second-order valence-electron chi connectivity index (χ2n) is 5.63. The van der Waals surface area contributed by atoms with Crippen molar-refractivity contribution in [2.24, 2.45) is 0 Å². The summed E-state index contributed by atoms with van der Waals surface area (Å²) in [6.45, 7) is 0. The van der Waals surface area contributed by atoms with Crippen LogP contribution in [-0.4, -0.2) is 17.6 Å². The van der Waals surface area contributed by atoms with Gasteiger partial charge in [0.25, 0.3) is 11.8 Å². The van der Waals surface area contributed by atoms with Crippen molar-refractivity contribution in [2.75, 3.05) is 0 Å². The third-order valence-electron chi connectivity index (χ3n) is 3.86. The molecular formula is C21H15FN2O3. The van der Waals surface area contributed by atoms with E-state index in [4.69, 9.17) is 0 Å². The molecule has 2 N–H and O–H groups in total. The molecule has 3 aromatic rings. The third-order valence-corrected chi connectivity index (χ3v) is 3.86. The number of carbonyl (C=O) groups is 3. The molecule has 0 aliphatic rings. The predicted molar refractivity (Wildman–Crippen MR) is 97.6 cm³/mol. The fourth-order valence-corrected chi connectivity index (χ4v) is 2.52. The molecule has 2 amide bonds. The number of ketones is 1. The molecule has 0 aliphatic heterocycles. The second kappa shape index (κ2) is 8.05. The molecule has 0 saturated heterocycles. The summed E-state index contributed by atoms with van der Waals surface area (Å²) in [6.07, 6.45) is 0. The van der Waals surface area contributed by atoms with E-state index in [1.807, 2.05) is 0 Å². The van der Waals surface area contributed by atoms with Crippen molar-refractivity contribution in [1.29, 1.82) is 0 Å².